The number of hydrogen-bond acceptors (Lipinski definition) is 2. The number of carbonyl (C=O) groups excluding carboxylic acids is 1. The second kappa shape index (κ2) is 17.3. The van der Waals surface area contributed by atoms with Crippen molar-refractivity contribution in [2.45, 2.75) is 84.0 Å². The summed E-state index contributed by atoms with van der Waals surface area (Å²) in [6, 6.07) is 0. The average molecular weight is 313 g/mol. The minimum absolute atomic E-state index is 0. The van der Waals surface area contributed by atoms with Crippen LogP contribution in [0.2, 0.25) is 0 Å². The standard InChI is InChI=1S/C14H28O2.Rb/c1-2-3-4-5-6-7-8-9-10-11-12-13-14(15)16;/h2-13H2,1H3,(H,15,16);/q;+1/p-1. The van der Waals surface area contributed by atoms with E-state index in [1.165, 1.54) is 57.8 Å². The van der Waals surface area contributed by atoms with Crippen LogP contribution in [0.1, 0.15) is 84.0 Å². The van der Waals surface area contributed by atoms with Crippen molar-refractivity contribution in [3.63, 3.8) is 0 Å². The molecule has 2 nitrogen and oxygen atoms in total. The molecule has 0 aliphatic heterocycles. The van der Waals surface area contributed by atoms with Gasteiger partial charge in [-0.2, -0.15) is 0 Å². The summed E-state index contributed by atoms with van der Waals surface area (Å²) < 4.78 is 0. The summed E-state index contributed by atoms with van der Waals surface area (Å²) in [5, 5.41) is 10.1. The maximum atomic E-state index is 10.1. The first-order chi connectivity index (χ1) is 7.77. The van der Waals surface area contributed by atoms with E-state index in [2.05, 4.69) is 6.92 Å². The molecule has 0 saturated heterocycles. The van der Waals surface area contributed by atoms with Gasteiger partial charge in [-0.3, -0.25) is 0 Å². The Morgan fingerprint density at radius 3 is 1.47 bits per heavy atom. The van der Waals surface area contributed by atoms with Gasteiger partial charge < -0.3 is 9.90 Å². The summed E-state index contributed by atoms with van der Waals surface area (Å²) >= 11 is 0. The fraction of sp³-hybridized carbons (Fsp3) is 0.929. The third-order valence-electron chi connectivity index (χ3n) is 2.98. The number of carboxylic acids is 1. The van der Waals surface area contributed by atoms with Crippen LogP contribution in [-0.4, -0.2) is 5.97 Å². The summed E-state index contributed by atoms with van der Waals surface area (Å²) in [5.74, 6) is -0.907. The zero-order chi connectivity index (χ0) is 12.1. The molecule has 0 aromatic carbocycles. The second-order valence-electron chi connectivity index (χ2n) is 4.66. The normalized spacial score (nSPS) is 9.94. The van der Waals surface area contributed by atoms with E-state index in [-0.39, 0.29) is 64.6 Å². The molecule has 0 radical (unpaired) electrons. The molecule has 0 aliphatic rings. The van der Waals surface area contributed by atoms with Crippen molar-refractivity contribution in [2.75, 3.05) is 0 Å². The largest absolute Gasteiger partial charge is 1.00 e. The topological polar surface area (TPSA) is 40.1 Å². The number of hydrogen-bond donors (Lipinski definition) is 0. The summed E-state index contributed by atoms with van der Waals surface area (Å²) in [5.41, 5.74) is 0. The molecule has 0 spiro atoms. The minimum Gasteiger partial charge on any atom is -0.550 e. The quantitative estimate of drug-likeness (QED) is 0.491. The van der Waals surface area contributed by atoms with E-state index >= 15 is 0 Å². The van der Waals surface area contributed by atoms with Gasteiger partial charge in [-0.25, -0.2) is 0 Å². The second-order valence-corrected chi connectivity index (χ2v) is 4.66. The van der Waals surface area contributed by atoms with Crippen molar-refractivity contribution >= 4 is 5.97 Å². The van der Waals surface area contributed by atoms with E-state index < -0.39 is 5.97 Å². The maximum absolute atomic E-state index is 10.1. The van der Waals surface area contributed by atoms with Gasteiger partial charge in [0.2, 0.25) is 0 Å². The molecule has 0 heterocycles. The van der Waals surface area contributed by atoms with Gasteiger partial charge in [0.25, 0.3) is 0 Å². The van der Waals surface area contributed by atoms with Crippen LogP contribution >= 0.6 is 0 Å². The third kappa shape index (κ3) is 19.8. The van der Waals surface area contributed by atoms with Gasteiger partial charge in [0, 0.05) is 5.97 Å². The Bertz CT molecular complexity index is 160. The van der Waals surface area contributed by atoms with Crippen molar-refractivity contribution in [1.29, 1.82) is 0 Å². The Morgan fingerprint density at radius 2 is 1.12 bits per heavy atom. The van der Waals surface area contributed by atoms with Gasteiger partial charge in [0.15, 0.2) is 0 Å². The van der Waals surface area contributed by atoms with Crippen LogP contribution in [0.4, 0.5) is 0 Å². The Labute approximate surface area is 156 Å². The molecule has 0 bridgehead atoms. The first kappa shape index (κ1) is 20.6. The zero-order valence-electron chi connectivity index (χ0n) is 11.8. The van der Waals surface area contributed by atoms with Gasteiger partial charge in [-0.1, -0.05) is 71.1 Å². The molecule has 3 heteroatoms. The molecule has 0 unspecified atom stereocenters. The van der Waals surface area contributed by atoms with Crippen LogP contribution in [0.3, 0.4) is 0 Å². The summed E-state index contributed by atoms with van der Waals surface area (Å²) in [4.78, 5) is 10.1. The molecule has 0 amide bonds. The van der Waals surface area contributed by atoms with Crippen LogP contribution in [-0.2, 0) is 4.79 Å². The molecule has 0 aliphatic carbocycles. The molecule has 0 fully saturated rings. The van der Waals surface area contributed by atoms with E-state index in [1.54, 1.807) is 0 Å². The Morgan fingerprint density at radius 1 is 0.765 bits per heavy atom. The summed E-state index contributed by atoms with van der Waals surface area (Å²) in [7, 11) is 0. The minimum atomic E-state index is -0.907. The van der Waals surface area contributed by atoms with Crippen LogP contribution in [0.5, 0.6) is 0 Å². The predicted octanol–water partition coefficient (Wildman–Crippen LogP) is 0.441. The molecule has 96 valence electrons. The Hall–Kier alpha value is 1.28. The van der Waals surface area contributed by atoms with E-state index in [9.17, 15) is 9.90 Å². The number of unbranched alkanes of at least 4 members (excludes halogenated alkanes) is 10. The maximum Gasteiger partial charge on any atom is 1.00 e. The van der Waals surface area contributed by atoms with Gasteiger partial charge in [0.1, 0.15) is 0 Å². The van der Waals surface area contributed by atoms with E-state index in [0.29, 0.717) is 0 Å². The monoisotopic (exact) mass is 312 g/mol. The molecule has 0 N–H and O–H groups in total. The van der Waals surface area contributed by atoms with Gasteiger partial charge >= 0.3 is 58.2 Å². The number of rotatable bonds is 12. The van der Waals surface area contributed by atoms with Crippen LogP contribution in [0.15, 0.2) is 0 Å². The molecular weight excluding hydrogens is 286 g/mol. The summed E-state index contributed by atoms with van der Waals surface area (Å²) in [6.45, 7) is 2.24. The number of carboxylic acid groups (broad SMARTS) is 1. The number of carbonyl (C=O) groups is 1. The number of aliphatic carboxylic acids is 1. The fourth-order valence-electron chi connectivity index (χ4n) is 1.93. The van der Waals surface area contributed by atoms with Gasteiger partial charge in [0.05, 0.1) is 0 Å². The van der Waals surface area contributed by atoms with E-state index in [0.717, 1.165) is 12.8 Å². The Balaban J connectivity index is 0. The molecule has 0 aromatic rings. The van der Waals surface area contributed by atoms with Crippen LogP contribution in [0.25, 0.3) is 0 Å². The van der Waals surface area contributed by atoms with E-state index in [4.69, 9.17) is 0 Å². The van der Waals surface area contributed by atoms with Crippen molar-refractivity contribution in [3.8, 4) is 0 Å². The first-order valence-electron chi connectivity index (χ1n) is 6.97. The average Bonchev–Trinajstić information content (AvgIpc) is 2.25. The SMILES string of the molecule is CCCCCCCCCCCCCC(=O)[O-].[Rb+]. The van der Waals surface area contributed by atoms with Crippen molar-refractivity contribution in [1.82, 2.24) is 0 Å². The van der Waals surface area contributed by atoms with Crippen LogP contribution in [0, 0.1) is 0 Å². The Kier molecular flexibility index (Phi) is 20.9. The molecule has 0 atom stereocenters. The van der Waals surface area contributed by atoms with Crippen molar-refractivity contribution in [2.24, 2.45) is 0 Å². The van der Waals surface area contributed by atoms with Crippen molar-refractivity contribution in [3.05, 3.63) is 0 Å². The summed E-state index contributed by atoms with van der Waals surface area (Å²) in [6.07, 6.45) is 14.0. The van der Waals surface area contributed by atoms with Crippen LogP contribution < -0.4 is 63.3 Å². The van der Waals surface area contributed by atoms with Gasteiger partial charge in [-0.05, 0) is 12.8 Å². The fourth-order valence-corrected chi connectivity index (χ4v) is 1.93. The molecule has 0 aromatic heterocycles. The molecule has 0 rings (SSSR count). The molecule has 17 heavy (non-hydrogen) atoms. The molecule has 0 saturated carbocycles. The van der Waals surface area contributed by atoms with E-state index in [1.807, 2.05) is 0 Å². The molecular formula is C14H27O2Rb. The van der Waals surface area contributed by atoms with Gasteiger partial charge in [-0.15, -0.1) is 0 Å². The smallest absolute Gasteiger partial charge is 0.550 e. The zero-order valence-corrected chi connectivity index (χ0v) is 16.7. The first-order valence-corrected chi connectivity index (χ1v) is 6.97. The third-order valence-corrected chi connectivity index (χ3v) is 2.98. The van der Waals surface area contributed by atoms with Crippen molar-refractivity contribution < 1.29 is 68.1 Å². The predicted molar refractivity (Wildman–Crippen MR) is 66.1 cm³/mol.